The predicted octanol–water partition coefficient (Wildman–Crippen LogP) is 3.30. The van der Waals surface area contributed by atoms with Gasteiger partial charge in [0.1, 0.15) is 5.75 Å². The molecule has 2 atom stereocenters. The van der Waals surface area contributed by atoms with Gasteiger partial charge < -0.3 is 15.2 Å². The van der Waals surface area contributed by atoms with Gasteiger partial charge in [-0.05, 0) is 37.8 Å². The molecular weight excluding hydrogens is 282 g/mol. The summed E-state index contributed by atoms with van der Waals surface area (Å²) in [6.07, 6.45) is 3.70. The van der Waals surface area contributed by atoms with Crippen LogP contribution in [0.5, 0.6) is 5.75 Å². The van der Waals surface area contributed by atoms with E-state index in [9.17, 15) is 9.59 Å². The SMILES string of the molecule is CCCCOc1cccc(NC(=O)[C@@H]2CC[C@H](C(=O)O)C2)c1. The molecule has 0 spiro atoms. The van der Waals surface area contributed by atoms with E-state index in [1.165, 1.54) is 0 Å². The Bertz CT molecular complexity index is 529. The molecule has 1 aliphatic carbocycles. The second kappa shape index (κ2) is 7.82. The fourth-order valence-corrected chi connectivity index (χ4v) is 2.69. The molecule has 1 aromatic carbocycles. The largest absolute Gasteiger partial charge is 0.494 e. The van der Waals surface area contributed by atoms with Gasteiger partial charge in [0.05, 0.1) is 12.5 Å². The third kappa shape index (κ3) is 4.48. The molecule has 120 valence electrons. The lowest BCUT2D eigenvalue weighted by Gasteiger charge is -2.12. The first-order chi connectivity index (χ1) is 10.6. The van der Waals surface area contributed by atoms with Gasteiger partial charge in [-0.25, -0.2) is 0 Å². The zero-order valence-electron chi connectivity index (χ0n) is 12.9. The molecule has 2 N–H and O–H groups in total. The van der Waals surface area contributed by atoms with Crippen LogP contribution in [0.1, 0.15) is 39.0 Å². The van der Waals surface area contributed by atoms with E-state index >= 15 is 0 Å². The fraction of sp³-hybridized carbons (Fsp3) is 0.529. The molecule has 1 aliphatic rings. The standard InChI is InChI=1S/C17H23NO4/c1-2-3-9-22-15-6-4-5-14(11-15)18-16(19)12-7-8-13(10-12)17(20)21/h4-6,11-13H,2-3,7-10H2,1H3,(H,18,19)(H,20,21)/t12-,13+/m1/s1. The Kier molecular flexibility index (Phi) is 5.81. The van der Waals surface area contributed by atoms with Crippen LogP contribution in [0, 0.1) is 11.8 Å². The van der Waals surface area contributed by atoms with Crippen molar-refractivity contribution in [2.45, 2.75) is 39.0 Å². The summed E-state index contributed by atoms with van der Waals surface area (Å²) in [5.74, 6) is -0.776. The van der Waals surface area contributed by atoms with E-state index in [4.69, 9.17) is 9.84 Å². The van der Waals surface area contributed by atoms with Crippen LogP contribution < -0.4 is 10.1 Å². The number of aliphatic carboxylic acids is 1. The van der Waals surface area contributed by atoms with Gasteiger partial charge in [0.2, 0.25) is 5.91 Å². The molecule has 0 unspecified atom stereocenters. The lowest BCUT2D eigenvalue weighted by atomic mass is 10.0. The van der Waals surface area contributed by atoms with Crippen LogP contribution in [-0.4, -0.2) is 23.6 Å². The van der Waals surface area contributed by atoms with Crippen molar-refractivity contribution < 1.29 is 19.4 Å². The Balaban J connectivity index is 1.89. The minimum atomic E-state index is -0.804. The Hall–Kier alpha value is -2.04. The van der Waals surface area contributed by atoms with Gasteiger partial charge in [-0.15, -0.1) is 0 Å². The Morgan fingerprint density at radius 1 is 1.32 bits per heavy atom. The molecule has 1 fully saturated rings. The molecule has 0 heterocycles. The molecule has 0 aliphatic heterocycles. The van der Waals surface area contributed by atoms with Crippen molar-refractivity contribution in [3.8, 4) is 5.75 Å². The van der Waals surface area contributed by atoms with E-state index in [0.29, 0.717) is 31.6 Å². The first kappa shape index (κ1) is 16.3. The normalized spacial score (nSPS) is 20.6. The summed E-state index contributed by atoms with van der Waals surface area (Å²) in [7, 11) is 0. The van der Waals surface area contributed by atoms with E-state index in [1.54, 1.807) is 6.07 Å². The molecular formula is C17H23NO4. The molecule has 0 saturated heterocycles. The highest BCUT2D eigenvalue weighted by Crippen LogP contribution is 2.32. The van der Waals surface area contributed by atoms with Gasteiger partial charge in [0.15, 0.2) is 0 Å². The van der Waals surface area contributed by atoms with Crippen molar-refractivity contribution in [1.82, 2.24) is 0 Å². The van der Waals surface area contributed by atoms with Crippen molar-refractivity contribution in [1.29, 1.82) is 0 Å². The lowest BCUT2D eigenvalue weighted by Crippen LogP contribution is -2.21. The predicted molar refractivity (Wildman–Crippen MR) is 83.9 cm³/mol. The van der Waals surface area contributed by atoms with E-state index in [-0.39, 0.29) is 17.7 Å². The van der Waals surface area contributed by atoms with Crippen LogP contribution in [0.4, 0.5) is 5.69 Å². The van der Waals surface area contributed by atoms with Gasteiger partial charge in [0, 0.05) is 17.7 Å². The Labute approximate surface area is 130 Å². The van der Waals surface area contributed by atoms with Crippen LogP contribution in [0.15, 0.2) is 24.3 Å². The first-order valence-corrected chi connectivity index (χ1v) is 7.86. The van der Waals surface area contributed by atoms with Gasteiger partial charge in [0.25, 0.3) is 0 Å². The highest BCUT2D eigenvalue weighted by Gasteiger charge is 2.33. The highest BCUT2D eigenvalue weighted by atomic mass is 16.5. The molecule has 1 saturated carbocycles. The number of carbonyl (C=O) groups is 2. The zero-order chi connectivity index (χ0) is 15.9. The smallest absolute Gasteiger partial charge is 0.306 e. The summed E-state index contributed by atoms with van der Waals surface area (Å²) in [5, 5.41) is 11.9. The number of rotatable bonds is 7. The maximum atomic E-state index is 12.2. The van der Waals surface area contributed by atoms with Crippen LogP contribution >= 0.6 is 0 Å². The van der Waals surface area contributed by atoms with Crippen LogP contribution in [0.2, 0.25) is 0 Å². The fourth-order valence-electron chi connectivity index (χ4n) is 2.69. The van der Waals surface area contributed by atoms with Crippen molar-refractivity contribution in [2.75, 3.05) is 11.9 Å². The second-order valence-electron chi connectivity index (χ2n) is 5.76. The zero-order valence-corrected chi connectivity index (χ0v) is 12.9. The summed E-state index contributed by atoms with van der Waals surface area (Å²) < 4.78 is 5.61. The topological polar surface area (TPSA) is 75.6 Å². The number of hydrogen-bond donors (Lipinski definition) is 2. The van der Waals surface area contributed by atoms with E-state index in [2.05, 4.69) is 12.2 Å². The summed E-state index contributed by atoms with van der Waals surface area (Å²) in [6.45, 7) is 2.77. The third-order valence-electron chi connectivity index (χ3n) is 4.02. The number of unbranched alkanes of at least 4 members (excludes halogenated alkanes) is 1. The number of carboxylic acid groups (broad SMARTS) is 1. The molecule has 22 heavy (non-hydrogen) atoms. The van der Waals surface area contributed by atoms with Gasteiger partial charge in [-0.3, -0.25) is 9.59 Å². The minimum absolute atomic E-state index is 0.102. The number of carbonyl (C=O) groups excluding carboxylic acids is 1. The van der Waals surface area contributed by atoms with Crippen LogP contribution in [0.25, 0.3) is 0 Å². The summed E-state index contributed by atoms with van der Waals surface area (Å²) in [4.78, 5) is 23.2. The third-order valence-corrected chi connectivity index (χ3v) is 4.02. The molecule has 1 amide bonds. The lowest BCUT2D eigenvalue weighted by molar-refractivity contribution is -0.141. The maximum absolute atomic E-state index is 12.2. The molecule has 0 bridgehead atoms. The van der Waals surface area contributed by atoms with Gasteiger partial charge in [-0.2, -0.15) is 0 Å². The molecule has 1 aromatic rings. The number of anilines is 1. The number of nitrogens with one attached hydrogen (secondary N) is 1. The van der Waals surface area contributed by atoms with E-state index in [0.717, 1.165) is 18.6 Å². The minimum Gasteiger partial charge on any atom is -0.494 e. The van der Waals surface area contributed by atoms with Crippen molar-refractivity contribution in [3.05, 3.63) is 24.3 Å². The Morgan fingerprint density at radius 2 is 2.09 bits per heavy atom. The molecule has 2 rings (SSSR count). The average molecular weight is 305 g/mol. The first-order valence-electron chi connectivity index (χ1n) is 7.86. The maximum Gasteiger partial charge on any atom is 0.306 e. The van der Waals surface area contributed by atoms with Crippen molar-refractivity contribution >= 4 is 17.6 Å². The summed E-state index contributed by atoms with van der Waals surface area (Å²) in [5.41, 5.74) is 0.692. The molecule has 0 aromatic heterocycles. The van der Waals surface area contributed by atoms with Crippen LogP contribution in [0.3, 0.4) is 0 Å². The second-order valence-corrected chi connectivity index (χ2v) is 5.76. The quantitative estimate of drug-likeness (QED) is 0.758. The monoisotopic (exact) mass is 305 g/mol. The highest BCUT2D eigenvalue weighted by molar-refractivity contribution is 5.93. The van der Waals surface area contributed by atoms with E-state index < -0.39 is 5.97 Å². The molecule has 0 radical (unpaired) electrons. The number of hydrogen-bond acceptors (Lipinski definition) is 3. The summed E-state index contributed by atoms with van der Waals surface area (Å²) >= 11 is 0. The van der Waals surface area contributed by atoms with Gasteiger partial charge in [-0.1, -0.05) is 19.4 Å². The number of amides is 1. The average Bonchev–Trinajstić information content (AvgIpc) is 2.98. The van der Waals surface area contributed by atoms with Crippen molar-refractivity contribution in [2.24, 2.45) is 11.8 Å². The van der Waals surface area contributed by atoms with E-state index in [1.807, 2.05) is 18.2 Å². The molecule has 5 heteroatoms. The number of ether oxygens (including phenoxy) is 1. The van der Waals surface area contributed by atoms with Crippen LogP contribution in [-0.2, 0) is 9.59 Å². The summed E-state index contributed by atoms with van der Waals surface area (Å²) in [6, 6.07) is 7.32. The number of carboxylic acids is 1. The van der Waals surface area contributed by atoms with Crippen molar-refractivity contribution in [3.63, 3.8) is 0 Å². The number of benzene rings is 1. The van der Waals surface area contributed by atoms with Gasteiger partial charge >= 0.3 is 5.97 Å². The molecule has 5 nitrogen and oxygen atoms in total. The Morgan fingerprint density at radius 3 is 2.77 bits per heavy atom.